The predicted octanol–water partition coefficient (Wildman–Crippen LogP) is 3.09. The Morgan fingerprint density at radius 2 is 2.06 bits per heavy atom. The van der Waals surface area contributed by atoms with E-state index in [2.05, 4.69) is 5.32 Å². The largest absolute Gasteiger partial charge is 0.385 e. The molecule has 1 fully saturated rings. The Labute approximate surface area is 109 Å². The first kappa shape index (κ1) is 13.5. The third kappa shape index (κ3) is 3.53. The third-order valence-electron chi connectivity index (χ3n) is 3.69. The number of halogens is 1. The lowest BCUT2D eigenvalue weighted by molar-refractivity contribution is 0.190. The highest BCUT2D eigenvalue weighted by Gasteiger charge is 2.31. The highest BCUT2D eigenvalue weighted by Crippen LogP contribution is 2.37. The van der Waals surface area contributed by atoms with Crippen LogP contribution in [0.15, 0.2) is 24.3 Å². The van der Waals surface area contributed by atoms with Gasteiger partial charge in [0.05, 0.1) is 0 Å². The van der Waals surface area contributed by atoms with Crippen molar-refractivity contribution in [1.29, 1.82) is 0 Å². The maximum absolute atomic E-state index is 13.5. The van der Waals surface area contributed by atoms with Gasteiger partial charge < -0.3 is 10.1 Å². The Balaban J connectivity index is 1.64. The van der Waals surface area contributed by atoms with E-state index >= 15 is 0 Å². The van der Waals surface area contributed by atoms with Gasteiger partial charge >= 0.3 is 0 Å². The van der Waals surface area contributed by atoms with Gasteiger partial charge in [0.15, 0.2) is 0 Å². The van der Waals surface area contributed by atoms with Crippen molar-refractivity contribution in [1.82, 2.24) is 5.32 Å². The van der Waals surface area contributed by atoms with Gasteiger partial charge in [-0.25, -0.2) is 4.39 Å². The lowest BCUT2D eigenvalue weighted by Gasteiger charge is -2.36. The molecule has 1 aromatic carbocycles. The topological polar surface area (TPSA) is 21.3 Å². The van der Waals surface area contributed by atoms with E-state index in [1.54, 1.807) is 19.2 Å². The number of methoxy groups -OCH3 is 1. The van der Waals surface area contributed by atoms with Crippen LogP contribution in [-0.2, 0) is 4.74 Å². The van der Waals surface area contributed by atoms with Crippen molar-refractivity contribution in [3.63, 3.8) is 0 Å². The van der Waals surface area contributed by atoms with E-state index in [1.165, 1.54) is 0 Å². The van der Waals surface area contributed by atoms with Crippen molar-refractivity contribution in [2.45, 2.75) is 37.6 Å². The molecule has 1 aromatic rings. The minimum Gasteiger partial charge on any atom is -0.385 e. The summed E-state index contributed by atoms with van der Waals surface area (Å²) in [5.41, 5.74) is 0.884. The van der Waals surface area contributed by atoms with Crippen LogP contribution in [0.3, 0.4) is 0 Å². The summed E-state index contributed by atoms with van der Waals surface area (Å²) in [4.78, 5) is 0. The standard InChI is InChI=1S/C15H22FNO/c1-18-9-5-4-8-17-13-10-12(11-13)14-6-2-3-7-15(14)16/h2-3,6-7,12-13,17H,4-5,8-11H2,1H3. The number of unbranched alkanes of at least 4 members (excludes halogenated alkanes) is 1. The maximum atomic E-state index is 13.5. The molecule has 2 rings (SSSR count). The monoisotopic (exact) mass is 251 g/mol. The first-order chi connectivity index (χ1) is 8.81. The van der Waals surface area contributed by atoms with Gasteiger partial charge in [0.1, 0.15) is 5.82 Å². The molecule has 0 aliphatic heterocycles. The molecule has 1 N–H and O–H groups in total. The minimum atomic E-state index is -0.0546. The molecule has 0 saturated heterocycles. The molecule has 2 nitrogen and oxygen atoms in total. The summed E-state index contributed by atoms with van der Waals surface area (Å²) in [5.74, 6) is 0.351. The molecule has 0 amide bonds. The fourth-order valence-electron chi connectivity index (χ4n) is 2.52. The van der Waals surface area contributed by atoms with Crippen molar-refractivity contribution < 1.29 is 9.13 Å². The van der Waals surface area contributed by atoms with E-state index in [1.807, 2.05) is 12.1 Å². The molecule has 18 heavy (non-hydrogen) atoms. The second kappa shape index (κ2) is 6.86. The average molecular weight is 251 g/mol. The van der Waals surface area contributed by atoms with E-state index in [0.717, 1.165) is 44.4 Å². The number of nitrogens with one attached hydrogen (secondary N) is 1. The summed E-state index contributed by atoms with van der Waals surface area (Å²) in [7, 11) is 1.73. The second-order valence-corrected chi connectivity index (χ2v) is 5.04. The van der Waals surface area contributed by atoms with Crippen LogP contribution >= 0.6 is 0 Å². The van der Waals surface area contributed by atoms with Crippen LogP contribution < -0.4 is 5.32 Å². The van der Waals surface area contributed by atoms with Crippen molar-refractivity contribution in [3.05, 3.63) is 35.6 Å². The zero-order valence-corrected chi connectivity index (χ0v) is 11.0. The Morgan fingerprint density at radius 3 is 2.78 bits per heavy atom. The normalized spacial score (nSPS) is 22.8. The van der Waals surface area contributed by atoms with Crippen molar-refractivity contribution >= 4 is 0 Å². The molecule has 0 atom stereocenters. The number of ether oxygens (including phenoxy) is 1. The fourth-order valence-corrected chi connectivity index (χ4v) is 2.52. The molecule has 0 heterocycles. The number of rotatable bonds is 7. The van der Waals surface area contributed by atoms with E-state index in [9.17, 15) is 4.39 Å². The highest BCUT2D eigenvalue weighted by atomic mass is 19.1. The smallest absolute Gasteiger partial charge is 0.126 e. The molecule has 1 aliphatic rings. The van der Waals surface area contributed by atoms with Crippen LogP contribution in [0, 0.1) is 5.82 Å². The zero-order chi connectivity index (χ0) is 12.8. The van der Waals surface area contributed by atoms with Crippen LogP contribution in [0.5, 0.6) is 0 Å². The summed E-state index contributed by atoms with van der Waals surface area (Å²) in [6.07, 6.45) is 4.37. The van der Waals surface area contributed by atoms with Gasteiger partial charge in [-0.3, -0.25) is 0 Å². The molecule has 0 bridgehead atoms. The number of hydrogen-bond acceptors (Lipinski definition) is 2. The Morgan fingerprint density at radius 1 is 1.28 bits per heavy atom. The summed E-state index contributed by atoms with van der Waals surface area (Å²) >= 11 is 0. The molecule has 0 unspecified atom stereocenters. The highest BCUT2D eigenvalue weighted by molar-refractivity contribution is 5.24. The third-order valence-corrected chi connectivity index (χ3v) is 3.69. The lowest BCUT2D eigenvalue weighted by Crippen LogP contribution is -2.40. The van der Waals surface area contributed by atoms with Crippen molar-refractivity contribution in [3.8, 4) is 0 Å². The Bertz CT molecular complexity index is 363. The fraction of sp³-hybridized carbons (Fsp3) is 0.600. The van der Waals surface area contributed by atoms with E-state index in [4.69, 9.17) is 4.74 Å². The number of hydrogen-bond donors (Lipinski definition) is 1. The molecule has 100 valence electrons. The van der Waals surface area contributed by atoms with Gasteiger partial charge in [0, 0.05) is 19.8 Å². The van der Waals surface area contributed by atoms with Gasteiger partial charge in [-0.1, -0.05) is 18.2 Å². The Kier molecular flexibility index (Phi) is 5.14. The van der Waals surface area contributed by atoms with Crippen LogP contribution in [0.4, 0.5) is 4.39 Å². The summed E-state index contributed by atoms with van der Waals surface area (Å²) < 4.78 is 18.6. The SMILES string of the molecule is COCCCCNC1CC(c2ccccc2F)C1. The van der Waals surface area contributed by atoms with Crippen molar-refractivity contribution in [2.75, 3.05) is 20.3 Å². The molecule has 1 saturated carbocycles. The summed E-state index contributed by atoms with van der Waals surface area (Å²) in [6.45, 7) is 1.88. The van der Waals surface area contributed by atoms with Gasteiger partial charge in [0.25, 0.3) is 0 Å². The van der Waals surface area contributed by atoms with Gasteiger partial charge in [-0.15, -0.1) is 0 Å². The molecule has 0 radical (unpaired) electrons. The quantitative estimate of drug-likeness (QED) is 0.752. The zero-order valence-electron chi connectivity index (χ0n) is 11.0. The molecule has 1 aliphatic carbocycles. The number of benzene rings is 1. The lowest BCUT2D eigenvalue weighted by atomic mass is 9.75. The molecular weight excluding hydrogens is 229 g/mol. The molecule has 0 aromatic heterocycles. The van der Waals surface area contributed by atoms with Crippen LogP contribution in [0.1, 0.15) is 37.2 Å². The van der Waals surface area contributed by atoms with Crippen LogP contribution in [0.25, 0.3) is 0 Å². The van der Waals surface area contributed by atoms with Gasteiger partial charge in [-0.05, 0) is 49.8 Å². The van der Waals surface area contributed by atoms with Crippen LogP contribution in [0.2, 0.25) is 0 Å². The average Bonchev–Trinajstić information content (AvgIpc) is 2.33. The molecule has 0 spiro atoms. The van der Waals surface area contributed by atoms with Crippen molar-refractivity contribution in [2.24, 2.45) is 0 Å². The van der Waals surface area contributed by atoms with E-state index in [0.29, 0.717) is 12.0 Å². The maximum Gasteiger partial charge on any atom is 0.126 e. The predicted molar refractivity (Wildman–Crippen MR) is 71.3 cm³/mol. The second-order valence-electron chi connectivity index (χ2n) is 5.04. The van der Waals surface area contributed by atoms with E-state index < -0.39 is 0 Å². The first-order valence-corrected chi connectivity index (χ1v) is 6.78. The van der Waals surface area contributed by atoms with Gasteiger partial charge in [0.2, 0.25) is 0 Å². The summed E-state index contributed by atoms with van der Waals surface area (Å²) in [5, 5.41) is 3.52. The van der Waals surface area contributed by atoms with Crippen LogP contribution in [-0.4, -0.2) is 26.3 Å². The first-order valence-electron chi connectivity index (χ1n) is 6.78. The molecule has 3 heteroatoms. The minimum absolute atomic E-state index is 0.0546. The Hall–Kier alpha value is -0.930. The van der Waals surface area contributed by atoms with Gasteiger partial charge in [-0.2, -0.15) is 0 Å². The van der Waals surface area contributed by atoms with E-state index in [-0.39, 0.29) is 5.82 Å². The summed E-state index contributed by atoms with van der Waals surface area (Å²) in [6, 6.07) is 7.71. The molecular formula is C15H22FNO.